The summed E-state index contributed by atoms with van der Waals surface area (Å²) in [5.41, 5.74) is -0.102. The number of allylic oxidation sites excluding steroid dienone is 3. The van der Waals surface area contributed by atoms with Crippen LogP contribution in [0.5, 0.6) is 0 Å². The second-order valence-corrected chi connectivity index (χ2v) is 7.17. The first-order valence-corrected chi connectivity index (χ1v) is 9.44. The Hall–Kier alpha value is -1.40. The molecule has 2 atom stereocenters. The molecule has 2 unspecified atom stereocenters. The highest BCUT2D eigenvalue weighted by molar-refractivity contribution is 5.80. The Morgan fingerprint density at radius 1 is 1.11 bits per heavy atom. The van der Waals surface area contributed by atoms with Gasteiger partial charge in [-0.3, -0.25) is 0 Å². The maximum absolute atomic E-state index is 13.7. The van der Waals surface area contributed by atoms with Crippen LogP contribution in [0.2, 0.25) is 0 Å². The molecule has 0 saturated carbocycles. The topological polar surface area (TPSA) is 24.4 Å². The number of hydrogen-bond donors (Lipinski definition) is 1. The average Bonchev–Trinajstić information content (AvgIpc) is 2.54. The number of halogens is 5. The van der Waals surface area contributed by atoms with Crippen LogP contribution >= 0.6 is 0 Å². The van der Waals surface area contributed by atoms with E-state index < -0.39 is 17.7 Å². The summed E-state index contributed by atoms with van der Waals surface area (Å²) in [6.45, 7) is 10.4. The zero-order chi connectivity index (χ0) is 21.3. The molecule has 0 saturated heterocycles. The molecule has 0 aromatic heterocycles. The molecule has 0 aromatic carbocycles. The molecule has 158 valence electrons. The molecule has 0 fully saturated rings. The van der Waals surface area contributed by atoms with E-state index in [2.05, 4.69) is 10.3 Å². The van der Waals surface area contributed by atoms with Crippen molar-refractivity contribution in [1.82, 2.24) is 5.32 Å². The summed E-state index contributed by atoms with van der Waals surface area (Å²) in [6.07, 6.45) is -1.50. The molecule has 7 heteroatoms. The van der Waals surface area contributed by atoms with Crippen molar-refractivity contribution in [3.8, 4) is 0 Å². The summed E-state index contributed by atoms with van der Waals surface area (Å²) < 4.78 is 65.9. The van der Waals surface area contributed by atoms with Crippen LogP contribution in [0.1, 0.15) is 67.2 Å². The van der Waals surface area contributed by atoms with Gasteiger partial charge in [0.1, 0.15) is 5.82 Å². The molecule has 0 aliphatic rings. The summed E-state index contributed by atoms with van der Waals surface area (Å²) in [4.78, 5) is 3.95. The molecule has 0 heterocycles. The van der Waals surface area contributed by atoms with E-state index in [9.17, 15) is 22.0 Å². The molecular formula is C20H33F5N2. The second kappa shape index (κ2) is 11.4. The van der Waals surface area contributed by atoms with Crippen molar-refractivity contribution in [3.05, 3.63) is 23.0 Å². The van der Waals surface area contributed by atoms with Crippen molar-refractivity contribution >= 4 is 6.21 Å². The molecule has 0 aliphatic heterocycles. The number of hydrogen-bond acceptors (Lipinski definition) is 2. The third-order valence-electron chi connectivity index (χ3n) is 4.58. The molecule has 0 aliphatic carbocycles. The first-order chi connectivity index (χ1) is 12.4. The van der Waals surface area contributed by atoms with Gasteiger partial charge in [0.25, 0.3) is 0 Å². The van der Waals surface area contributed by atoms with Gasteiger partial charge in [0.2, 0.25) is 5.92 Å². The smallest absolute Gasteiger partial charge is 0.370 e. The molecule has 0 rings (SSSR count). The lowest BCUT2D eigenvalue weighted by atomic mass is 9.85. The van der Waals surface area contributed by atoms with Crippen LogP contribution < -0.4 is 5.32 Å². The molecule has 0 aromatic rings. The van der Waals surface area contributed by atoms with Gasteiger partial charge in [-0.25, -0.2) is 13.8 Å². The quantitative estimate of drug-likeness (QED) is 0.298. The summed E-state index contributed by atoms with van der Waals surface area (Å²) in [5, 5.41) is 3.06. The molecule has 1 N–H and O–H groups in total. The van der Waals surface area contributed by atoms with Crippen LogP contribution in [0, 0.1) is 11.8 Å². The van der Waals surface area contributed by atoms with E-state index in [1.807, 2.05) is 6.92 Å². The highest BCUT2D eigenvalue weighted by Crippen LogP contribution is 2.32. The predicted octanol–water partition coefficient (Wildman–Crippen LogP) is 6.89. The van der Waals surface area contributed by atoms with E-state index in [4.69, 9.17) is 0 Å². The van der Waals surface area contributed by atoms with E-state index in [1.54, 1.807) is 20.8 Å². The monoisotopic (exact) mass is 396 g/mol. The zero-order valence-electron chi connectivity index (χ0n) is 17.2. The fourth-order valence-electron chi connectivity index (χ4n) is 2.77. The third-order valence-corrected chi connectivity index (χ3v) is 4.58. The van der Waals surface area contributed by atoms with Gasteiger partial charge in [0, 0.05) is 25.6 Å². The van der Waals surface area contributed by atoms with E-state index in [0.717, 1.165) is 30.7 Å². The minimum atomic E-state index is -4.46. The van der Waals surface area contributed by atoms with Crippen molar-refractivity contribution in [1.29, 1.82) is 0 Å². The highest BCUT2D eigenvalue weighted by Gasteiger charge is 2.32. The van der Waals surface area contributed by atoms with Crippen LogP contribution in [0.4, 0.5) is 22.0 Å². The van der Waals surface area contributed by atoms with Crippen LogP contribution in [0.15, 0.2) is 28.0 Å². The Morgan fingerprint density at radius 2 is 1.70 bits per heavy atom. The van der Waals surface area contributed by atoms with E-state index in [1.165, 1.54) is 13.8 Å². The van der Waals surface area contributed by atoms with Crippen molar-refractivity contribution < 1.29 is 22.0 Å². The SMILES string of the molecule is C/C=C(\C=N/C(NCC(CCC)C(C)CC(F)(F)CC)=C(C)C)C(F)(F)F. The van der Waals surface area contributed by atoms with Gasteiger partial charge in [-0.2, -0.15) is 13.2 Å². The number of rotatable bonds is 11. The van der Waals surface area contributed by atoms with Gasteiger partial charge in [-0.05, 0) is 44.6 Å². The molecule has 2 nitrogen and oxygen atoms in total. The zero-order valence-corrected chi connectivity index (χ0v) is 17.2. The van der Waals surface area contributed by atoms with Gasteiger partial charge in [-0.1, -0.05) is 33.3 Å². The maximum Gasteiger partial charge on any atom is 0.417 e. The van der Waals surface area contributed by atoms with E-state index in [0.29, 0.717) is 12.4 Å². The standard InChI is InChI=1S/C20H33F5N2/c1-7-10-16(15(6)11-19(21,22)9-3)12-26-18(14(4)5)27-13-17(8-2)20(23,24)25/h8,13,15-16,26H,7,9-12H2,1-6H3/b17-8+,27-13-. The first-order valence-electron chi connectivity index (χ1n) is 9.44. The van der Waals surface area contributed by atoms with Gasteiger partial charge in [0.15, 0.2) is 0 Å². The molecule has 0 amide bonds. The lowest BCUT2D eigenvalue weighted by Crippen LogP contribution is -2.30. The van der Waals surface area contributed by atoms with Crippen LogP contribution in [-0.2, 0) is 0 Å². The van der Waals surface area contributed by atoms with Crippen LogP contribution in [0.25, 0.3) is 0 Å². The van der Waals surface area contributed by atoms with E-state index in [-0.39, 0.29) is 24.7 Å². The fraction of sp³-hybridized carbons (Fsp3) is 0.750. The average molecular weight is 396 g/mol. The Kier molecular flexibility index (Phi) is 10.9. The lowest BCUT2D eigenvalue weighted by Gasteiger charge is -2.28. The Labute approximate surface area is 160 Å². The Morgan fingerprint density at radius 3 is 2.11 bits per heavy atom. The molecule has 0 radical (unpaired) electrons. The van der Waals surface area contributed by atoms with Crippen molar-refractivity contribution in [2.45, 2.75) is 79.3 Å². The minimum Gasteiger partial charge on any atom is -0.370 e. The van der Waals surface area contributed by atoms with Gasteiger partial charge in [0.05, 0.1) is 5.57 Å². The first kappa shape index (κ1) is 25.6. The van der Waals surface area contributed by atoms with Crippen LogP contribution in [-0.4, -0.2) is 24.9 Å². The summed E-state index contributed by atoms with van der Waals surface area (Å²) in [7, 11) is 0. The van der Waals surface area contributed by atoms with Gasteiger partial charge < -0.3 is 5.32 Å². The van der Waals surface area contributed by atoms with E-state index >= 15 is 0 Å². The molecule has 0 spiro atoms. The summed E-state index contributed by atoms with van der Waals surface area (Å²) >= 11 is 0. The Bertz CT molecular complexity index is 529. The molecule has 0 bridgehead atoms. The number of alkyl halides is 5. The third kappa shape index (κ3) is 9.91. The van der Waals surface area contributed by atoms with Crippen molar-refractivity contribution in [2.75, 3.05) is 6.54 Å². The lowest BCUT2D eigenvalue weighted by molar-refractivity contribution is -0.0857. The van der Waals surface area contributed by atoms with Crippen LogP contribution in [0.3, 0.4) is 0 Å². The Balaban J connectivity index is 5.17. The maximum atomic E-state index is 13.7. The largest absolute Gasteiger partial charge is 0.417 e. The van der Waals surface area contributed by atoms with Gasteiger partial charge >= 0.3 is 6.18 Å². The second-order valence-electron chi connectivity index (χ2n) is 7.17. The summed E-state index contributed by atoms with van der Waals surface area (Å²) in [5.74, 6) is -2.58. The highest BCUT2D eigenvalue weighted by atomic mass is 19.4. The molecule has 27 heavy (non-hydrogen) atoms. The predicted molar refractivity (Wildman–Crippen MR) is 102 cm³/mol. The fourth-order valence-corrected chi connectivity index (χ4v) is 2.77. The number of nitrogens with zero attached hydrogens (tertiary/aromatic N) is 1. The van der Waals surface area contributed by atoms with Crippen molar-refractivity contribution in [2.24, 2.45) is 16.8 Å². The number of aliphatic imine (C=N–C) groups is 1. The minimum absolute atomic E-state index is 0.0132. The van der Waals surface area contributed by atoms with Gasteiger partial charge in [-0.15, -0.1) is 0 Å². The number of nitrogens with one attached hydrogen (secondary N) is 1. The molecular weight excluding hydrogens is 363 g/mol. The summed E-state index contributed by atoms with van der Waals surface area (Å²) in [6, 6.07) is 0. The van der Waals surface area contributed by atoms with Crippen molar-refractivity contribution in [3.63, 3.8) is 0 Å². The normalized spacial score (nSPS) is 15.7.